The first kappa shape index (κ1) is 16.7. The molecule has 2 aromatic rings. The fourth-order valence-corrected chi connectivity index (χ4v) is 3.07. The Morgan fingerprint density at radius 2 is 1.75 bits per heavy atom. The molecule has 0 N–H and O–H groups in total. The summed E-state index contributed by atoms with van der Waals surface area (Å²) in [5, 5.41) is 0. The van der Waals surface area contributed by atoms with Crippen LogP contribution in [0.2, 0.25) is 0 Å². The molecule has 0 bridgehead atoms. The van der Waals surface area contributed by atoms with Gasteiger partial charge in [-0.25, -0.2) is 0 Å². The molecule has 0 amide bonds. The maximum Gasteiger partial charge on any atom is 0.161 e. The van der Waals surface area contributed by atoms with Crippen molar-refractivity contribution in [1.29, 1.82) is 0 Å². The fraction of sp³-hybridized carbons (Fsp3) is 0.400. The molecule has 24 heavy (non-hydrogen) atoms. The predicted octanol–water partition coefficient (Wildman–Crippen LogP) is 3.33. The number of nitrogens with zero attached hydrogens (tertiary/aromatic N) is 1. The molecule has 1 heterocycles. The van der Waals surface area contributed by atoms with Crippen LogP contribution in [0.4, 0.5) is 0 Å². The van der Waals surface area contributed by atoms with Crippen molar-refractivity contribution in [3.05, 3.63) is 53.6 Å². The van der Waals surface area contributed by atoms with Crippen LogP contribution in [-0.2, 0) is 13.0 Å². The number of rotatable bonds is 6. The van der Waals surface area contributed by atoms with Crippen LogP contribution in [0.3, 0.4) is 0 Å². The summed E-state index contributed by atoms with van der Waals surface area (Å²) >= 11 is 0. The molecule has 1 radical (unpaired) electrons. The molecule has 3 rings (SSSR count). The molecule has 1 aliphatic heterocycles. The van der Waals surface area contributed by atoms with E-state index in [2.05, 4.69) is 30.0 Å². The molecular formula is C20H24NO3. The van der Waals surface area contributed by atoms with Crippen molar-refractivity contribution in [2.45, 2.75) is 25.9 Å². The average molecular weight is 326 g/mol. The first-order valence-corrected chi connectivity index (χ1v) is 8.28. The van der Waals surface area contributed by atoms with Crippen LogP contribution in [0.25, 0.3) is 0 Å². The van der Waals surface area contributed by atoms with Gasteiger partial charge in [-0.05, 0) is 54.8 Å². The molecule has 0 saturated heterocycles. The fourth-order valence-electron chi connectivity index (χ4n) is 3.07. The molecule has 1 unspecified atom stereocenters. The van der Waals surface area contributed by atoms with Crippen molar-refractivity contribution in [3.63, 3.8) is 0 Å². The topological polar surface area (TPSA) is 30.9 Å². The zero-order chi connectivity index (χ0) is 16.9. The summed E-state index contributed by atoms with van der Waals surface area (Å²) in [6, 6.07) is 15.2. The van der Waals surface area contributed by atoms with Crippen molar-refractivity contribution in [2.24, 2.45) is 0 Å². The Bertz CT molecular complexity index is 672. The van der Waals surface area contributed by atoms with E-state index in [0.717, 1.165) is 36.8 Å². The minimum Gasteiger partial charge on any atom is -0.493 e. The SMILES string of the molecule is COc1cc2c(cc1OC)CN(C(C)COc1cc[c]cc1)CC2. The van der Waals surface area contributed by atoms with Gasteiger partial charge in [0.15, 0.2) is 11.5 Å². The lowest BCUT2D eigenvalue weighted by molar-refractivity contribution is 0.133. The van der Waals surface area contributed by atoms with E-state index in [9.17, 15) is 0 Å². The van der Waals surface area contributed by atoms with Crippen molar-refractivity contribution >= 4 is 0 Å². The molecule has 1 atom stereocenters. The van der Waals surface area contributed by atoms with Gasteiger partial charge < -0.3 is 14.2 Å². The van der Waals surface area contributed by atoms with Gasteiger partial charge in [0, 0.05) is 19.1 Å². The molecule has 4 heteroatoms. The van der Waals surface area contributed by atoms with E-state index >= 15 is 0 Å². The molecule has 127 valence electrons. The van der Waals surface area contributed by atoms with Gasteiger partial charge in [-0.2, -0.15) is 0 Å². The minimum absolute atomic E-state index is 0.343. The van der Waals surface area contributed by atoms with Crippen LogP contribution in [0, 0.1) is 6.07 Å². The second-order valence-electron chi connectivity index (χ2n) is 6.09. The first-order valence-electron chi connectivity index (χ1n) is 8.28. The van der Waals surface area contributed by atoms with E-state index in [1.54, 1.807) is 14.2 Å². The van der Waals surface area contributed by atoms with Crippen molar-refractivity contribution in [1.82, 2.24) is 4.90 Å². The Morgan fingerprint density at radius 3 is 2.42 bits per heavy atom. The van der Waals surface area contributed by atoms with Gasteiger partial charge in [0.25, 0.3) is 0 Å². The highest BCUT2D eigenvalue weighted by Gasteiger charge is 2.23. The maximum absolute atomic E-state index is 5.88. The van der Waals surface area contributed by atoms with Gasteiger partial charge in [-0.3, -0.25) is 4.90 Å². The number of ether oxygens (including phenoxy) is 3. The van der Waals surface area contributed by atoms with Crippen LogP contribution in [0.5, 0.6) is 17.2 Å². The van der Waals surface area contributed by atoms with Crippen molar-refractivity contribution < 1.29 is 14.2 Å². The summed E-state index contributed by atoms with van der Waals surface area (Å²) in [6.07, 6.45) is 1.01. The lowest BCUT2D eigenvalue weighted by Crippen LogP contribution is -2.40. The zero-order valence-electron chi connectivity index (χ0n) is 14.5. The third-order valence-electron chi connectivity index (χ3n) is 4.55. The Balaban J connectivity index is 1.65. The van der Waals surface area contributed by atoms with Gasteiger partial charge >= 0.3 is 0 Å². The Labute approximate surface area is 144 Å². The van der Waals surface area contributed by atoms with Gasteiger partial charge in [-0.15, -0.1) is 0 Å². The molecule has 0 fully saturated rings. The average Bonchev–Trinajstić information content (AvgIpc) is 2.65. The van der Waals surface area contributed by atoms with Gasteiger partial charge in [0.2, 0.25) is 0 Å². The molecule has 1 aliphatic rings. The van der Waals surface area contributed by atoms with Crippen molar-refractivity contribution in [2.75, 3.05) is 27.4 Å². The molecule has 0 aromatic heterocycles. The second kappa shape index (κ2) is 7.58. The summed E-state index contributed by atoms with van der Waals surface area (Å²) in [4.78, 5) is 2.45. The van der Waals surface area contributed by atoms with Gasteiger partial charge in [0.05, 0.1) is 14.2 Å². The van der Waals surface area contributed by atoms with Crippen molar-refractivity contribution in [3.8, 4) is 17.2 Å². The summed E-state index contributed by atoms with van der Waals surface area (Å²) in [6.45, 7) is 4.81. The normalized spacial score (nSPS) is 15.5. The highest BCUT2D eigenvalue weighted by molar-refractivity contribution is 5.48. The Hall–Kier alpha value is -2.20. The lowest BCUT2D eigenvalue weighted by Gasteiger charge is -2.34. The zero-order valence-corrected chi connectivity index (χ0v) is 14.5. The van der Waals surface area contributed by atoms with Crippen LogP contribution in [0.1, 0.15) is 18.1 Å². The van der Waals surface area contributed by atoms with E-state index in [4.69, 9.17) is 14.2 Å². The van der Waals surface area contributed by atoms with Crippen LogP contribution in [-0.4, -0.2) is 38.3 Å². The predicted molar refractivity (Wildman–Crippen MR) is 93.9 cm³/mol. The highest BCUT2D eigenvalue weighted by Crippen LogP contribution is 2.33. The molecule has 2 aromatic carbocycles. The lowest BCUT2D eigenvalue weighted by atomic mass is 9.98. The van der Waals surface area contributed by atoms with Crippen LogP contribution >= 0.6 is 0 Å². The summed E-state index contributed by atoms with van der Waals surface area (Å²) in [7, 11) is 3.36. The quantitative estimate of drug-likeness (QED) is 0.815. The number of hydrogen-bond donors (Lipinski definition) is 0. The highest BCUT2D eigenvalue weighted by atomic mass is 16.5. The second-order valence-corrected chi connectivity index (χ2v) is 6.09. The van der Waals surface area contributed by atoms with E-state index in [1.807, 2.05) is 24.3 Å². The van der Waals surface area contributed by atoms with E-state index in [1.165, 1.54) is 11.1 Å². The number of hydrogen-bond acceptors (Lipinski definition) is 4. The van der Waals surface area contributed by atoms with E-state index in [0.29, 0.717) is 12.6 Å². The maximum atomic E-state index is 5.88. The van der Waals surface area contributed by atoms with Gasteiger partial charge in [0.1, 0.15) is 12.4 Å². The number of fused-ring (bicyclic) bond motifs is 1. The summed E-state index contributed by atoms with van der Waals surface area (Å²) in [5.74, 6) is 2.49. The van der Waals surface area contributed by atoms with E-state index < -0.39 is 0 Å². The standard InChI is InChI=1S/C20H24NO3/c1-15(14-24-18-7-5-4-6-8-18)21-10-9-16-11-19(22-2)20(23-3)12-17(16)13-21/h5-8,11-12,15H,9-10,13-14H2,1-3H3. The number of benzene rings is 2. The first-order chi connectivity index (χ1) is 11.7. The summed E-state index contributed by atoms with van der Waals surface area (Å²) < 4.78 is 16.7. The Morgan fingerprint density at radius 1 is 1.08 bits per heavy atom. The molecule has 0 spiro atoms. The van der Waals surface area contributed by atoms with Crippen LogP contribution in [0.15, 0.2) is 36.4 Å². The molecular weight excluding hydrogens is 302 g/mol. The Kier molecular flexibility index (Phi) is 5.26. The molecule has 0 aliphatic carbocycles. The van der Waals surface area contributed by atoms with E-state index in [-0.39, 0.29) is 0 Å². The molecule has 0 saturated carbocycles. The molecule has 4 nitrogen and oxygen atoms in total. The van der Waals surface area contributed by atoms with Crippen LogP contribution < -0.4 is 14.2 Å². The van der Waals surface area contributed by atoms with Gasteiger partial charge in [-0.1, -0.05) is 12.1 Å². The monoisotopic (exact) mass is 326 g/mol. The minimum atomic E-state index is 0.343. The smallest absolute Gasteiger partial charge is 0.161 e. The number of methoxy groups -OCH3 is 2. The summed E-state index contributed by atoms with van der Waals surface area (Å²) in [5.41, 5.74) is 2.65. The third kappa shape index (κ3) is 3.65. The third-order valence-corrected chi connectivity index (χ3v) is 4.55. The largest absolute Gasteiger partial charge is 0.493 e.